The number of benzene rings is 5. The first kappa shape index (κ1) is 23.4. The molecule has 3 nitrogen and oxygen atoms in total. The Morgan fingerprint density at radius 3 is 2.14 bits per heavy atom. The second-order valence-electron chi connectivity index (χ2n) is 11.8. The van der Waals surface area contributed by atoms with Gasteiger partial charge in [0.1, 0.15) is 11.2 Å². The number of aromatic nitrogens is 2. The molecule has 0 unspecified atom stereocenters. The maximum absolute atomic E-state index is 6.33. The van der Waals surface area contributed by atoms with Crippen LogP contribution in [0.1, 0.15) is 25.0 Å². The van der Waals surface area contributed by atoms with E-state index in [4.69, 9.17) is 14.4 Å². The van der Waals surface area contributed by atoms with E-state index in [1.54, 1.807) is 0 Å². The fourth-order valence-electron chi connectivity index (χ4n) is 6.91. The van der Waals surface area contributed by atoms with Gasteiger partial charge in [0.15, 0.2) is 0 Å². The van der Waals surface area contributed by atoms with E-state index in [-0.39, 0.29) is 5.41 Å². The molecule has 9 rings (SSSR count). The number of nitrogens with zero attached hydrogens (tertiary/aromatic N) is 2. The van der Waals surface area contributed by atoms with Crippen LogP contribution in [0.4, 0.5) is 0 Å². The van der Waals surface area contributed by atoms with E-state index in [9.17, 15) is 0 Å². The normalized spacial score (nSPS) is 13.7. The molecule has 3 aromatic heterocycles. The maximum atomic E-state index is 6.33. The van der Waals surface area contributed by atoms with E-state index >= 15 is 0 Å². The molecule has 0 aliphatic heterocycles. The summed E-state index contributed by atoms with van der Waals surface area (Å²) in [5.41, 5.74) is 10.7. The molecule has 3 heteroatoms. The third-order valence-corrected chi connectivity index (χ3v) is 9.11. The second kappa shape index (κ2) is 8.37. The van der Waals surface area contributed by atoms with Gasteiger partial charge < -0.3 is 4.42 Å². The zero-order valence-corrected chi connectivity index (χ0v) is 23.3. The molecule has 0 spiro atoms. The third kappa shape index (κ3) is 3.22. The molecule has 5 aromatic carbocycles. The van der Waals surface area contributed by atoms with Gasteiger partial charge >= 0.3 is 0 Å². The summed E-state index contributed by atoms with van der Waals surface area (Å²) < 4.78 is 6.33. The molecule has 198 valence electrons. The van der Waals surface area contributed by atoms with Gasteiger partial charge in [-0.1, -0.05) is 92.7 Å². The maximum Gasteiger partial charge on any atom is 0.143 e. The second-order valence-corrected chi connectivity index (χ2v) is 11.8. The van der Waals surface area contributed by atoms with Crippen LogP contribution in [0.25, 0.3) is 77.3 Å². The van der Waals surface area contributed by atoms with Gasteiger partial charge in [0.25, 0.3) is 0 Å². The molecule has 1 aliphatic carbocycles. The molecule has 42 heavy (non-hydrogen) atoms. The number of fused-ring (bicyclic) bond motifs is 9. The van der Waals surface area contributed by atoms with Gasteiger partial charge in [-0.3, -0.25) is 4.98 Å². The van der Waals surface area contributed by atoms with Gasteiger partial charge in [-0.25, -0.2) is 4.98 Å². The number of hydrogen-bond donors (Lipinski definition) is 0. The summed E-state index contributed by atoms with van der Waals surface area (Å²) in [5, 5.41) is 7.02. The molecule has 0 bridgehead atoms. The van der Waals surface area contributed by atoms with Crippen molar-refractivity contribution in [1.82, 2.24) is 9.97 Å². The minimum absolute atomic E-state index is 0.0970. The van der Waals surface area contributed by atoms with Gasteiger partial charge in [0.05, 0.1) is 17.1 Å². The summed E-state index contributed by atoms with van der Waals surface area (Å²) in [7, 11) is 0. The van der Waals surface area contributed by atoms with Gasteiger partial charge in [-0.05, 0) is 74.8 Å². The number of rotatable bonds is 2. The van der Waals surface area contributed by atoms with Gasteiger partial charge in [-0.2, -0.15) is 0 Å². The highest BCUT2D eigenvalue weighted by atomic mass is 16.3. The molecule has 0 saturated carbocycles. The van der Waals surface area contributed by atoms with Crippen molar-refractivity contribution >= 4 is 43.5 Å². The number of pyridine rings is 2. The van der Waals surface area contributed by atoms with Crippen molar-refractivity contribution in [3.63, 3.8) is 0 Å². The Labute approximate surface area is 243 Å². The number of furan rings is 1. The van der Waals surface area contributed by atoms with E-state index in [1.807, 2.05) is 24.4 Å². The van der Waals surface area contributed by atoms with Crippen molar-refractivity contribution in [2.75, 3.05) is 0 Å². The largest absolute Gasteiger partial charge is 0.455 e. The molecule has 0 atom stereocenters. The Kier molecular flexibility index (Phi) is 4.67. The van der Waals surface area contributed by atoms with Crippen LogP contribution in [-0.2, 0) is 5.41 Å². The zero-order valence-electron chi connectivity index (χ0n) is 23.3. The van der Waals surface area contributed by atoms with E-state index in [2.05, 4.69) is 111 Å². The Morgan fingerprint density at radius 1 is 0.571 bits per heavy atom. The highest BCUT2D eigenvalue weighted by Crippen LogP contribution is 2.47. The highest BCUT2D eigenvalue weighted by molar-refractivity contribution is 6.19. The first-order valence-corrected chi connectivity index (χ1v) is 14.4. The van der Waals surface area contributed by atoms with Crippen LogP contribution in [0.5, 0.6) is 0 Å². The molecule has 0 amide bonds. The average molecular weight is 539 g/mol. The van der Waals surface area contributed by atoms with Crippen LogP contribution >= 0.6 is 0 Å². The first-order chi connectivity index (χ1) is 20.6. The Hall–Kier alpha value is -5.28. The summed E-state index contributed by atoms with van der Waals surface area (Å²) in [6, 6.07) is 41.1. The summed E-state index contributed by atoms with van der Waals surface area (Å²) in [4.78, 5) is 9.85. The monoisotopic (exact) mass is 538 g/mol. The van der Waals surface area contributed by atoms with Crippen LogP contribution in [0.2, 0.25) is 0 Å². The predicted octanol–water partition coefficient (Wildman–Crippen LogP) is 10.3. The molecular weight excluding hydrogens is 512 g/mol. The summed E-state index contributed by atoms with van der Waals surface area (Å²) in [5.74, 6) is 0. The molecule has 3 heterocycles. The van der Waals surface area contributed by atoms with Gasteiger partial charge in [0.2, 0.25) is 0 Å². The van der Waals surface area contributed by atoms with E-state index in [0.717, 1.165) is 50.0 Å². The molecule has 0 fully saturated rings. The quantitative estimate of drug-likeness (QED) is 0.220. The van der Waals surface area contributed by atoms with Crippen LogP contribution in [0.15, 0.2) is 126 Å². The fraction of sp³-hybridized carbons (Fsp3) is 0.0769. The third-order valence-electron chi connectivity index (χ3n) is 9.11. The molecular formula is C39H26N2O. The van der Waals surface area contributed by atoms with E-state index in [0.29, 0.717) is 0 Å². The SMILES string of the molecule is CC1(C)c2cccnc2-c2nc(-c3ccc4cc(-c5cc6c7ccccc7oc6c6ccccc56)ccc4c3)ccc21. The number of hydrogen-bond acceptors (Lipinski definition) is 3. The molecule has 0 radical (unpaired) electrons. The lowest BCUT2D eigenvalue weighted by Gasteiger charge is -2.20. The van der Waals surface area contributed by atoms with Gasteiger partial charge in [0, 0.05) is 33.3 Å². The molecule has 0 N–H and O–H groups in total. The van der Waals surface area contributed by atoms with E-state index in [1.165, 1.54) is 38.4 Å². The standard InChI is InChI=1S/C39H26N2O/c1-39(2)32-11-7-19-40-36(32)37-33(39)17-18-34(41-37)26-16-14-23-20-25(15-13-24(23)21-26)30-22-31-28-9-5-6-12-35(28)42-38(31)29-10-4-3-8-27(29)30/h3-22H,1-2H3. The zero-order chi connectivity index (χ0) is 28.0. The lowest BCUT2D eigenvalue weighted by molar-refractivity contribution is 0.658. The van der Waals surface area contributed by atoms with Crippen molar-refractivity contribution in [2.45, 2.75) is 19.3 Å². The van der Waals surface area contributed by atoms with Crippen molar-refractivity contribution < 1.29 is 4.42 Å². The van der Waals surface area contributed by atoms with Crippen LogP contribution in [0.3, 0.4) is 0 Å². The van der Waals surface area contributed by atoms with Crippen LogP contribution in [0, 0.1) is 0 Å². The smallest absolute Gasteiger partial charge is 0.143 e. The highest BCUT2D eigenvalue weighted by Gasteiger charge is 2.37. The summed E-state index contributed by atoms with van der Waals surface area (Å²) in [6.07, 6.45) is 1.86. The minimum Gasteiger partial charge on any atom is -0.455 e. The number of para-hydroxylation sites is 1. The van der Waals surface area contributed by atoms with Crippen molar-refractivity contribution in [3.05, 3.63) is 133 Å². The minimum atomic E-state index is -0.0970. The summed E-state index contributed by atoms with van der Waals surface area (Å²) in [6.45, 7) is 4.51. The lowest BCUT2D eigenvalue weighted by atomic mass is 9.83. The molecule has 0 saturated heterocycles. The molecule has 1 aliphatic rings. The Balaban J connectivity index is 1.17. The fourth-order valence-corrected chi connectivity index (χ4v) is 6.91. The Bertz CT molecular complexity index is 2400. The van der Waals surface area contributed by atoms with Crippen LogP contribution < -0.4 is 0 Å². The van der Waals surface area contributed by atoms with Crippen LogP contribution in [-0.4, -0.2) is 9.97 Å². The predicted molar refractivity (Wildman–Crippen MR) is 173 cm³/mol. The van der Waals surface area contributed by atoms with E-state index < -0.39 is 0 Å². The van der Waals surface area contributed by atoms with Crippen molar-refractivity contribution in [2.24, 2.45) is 0 Å². The average Bonchev–Trinajstić information content (AvgIpc) is 3.52. The van der Waals surface area contributed by atoms with Crippen molar-refractivity contribution in [1.29, 1.82) is 0 Å². The lowest BCUT2D eigenvalue weighted by Crippen LogP contribution is -2.15. The Morgan fingerprint density at radius 2 is 1.29 bits per heavy atom. The topological polar surface area (TPSA) is 38.9 Å². The van der Waals surface area contributed by atoms with Gasteiger partial charge in [-0.15, -0.1) is 0 Å². The first-order valence-electron chi connectivity index (χ1n) is 14.4. The van der Waals surface area contributed by atoms with Crippen molar-refractivity contribution in [3.8, 4) is 33.8 Å². The molecule has 8 aromatic rings. The summed E-state index contributed by atoms with van der Waals surface area (Å²) >= 11 is 0.